The van der Waals surface area contributed by atoms with E-state index in [1.165, 1.54) is 58.0 Å². The second-order valence-electron chi connectivity index (χ2n) is 13.5. The number of rotatable bonds is 16. The summed E-state index contributed by atoms with van der Waals surface area (Å²) in [5.41, 5.74) is -0.586. The summed E-state index contributed by atoms with van der Waals surface area (Å²) in [6.07, 6.45) is 13.5. The monoisotopic (exact) mass is 516 g/mol. The standard InChI is InChI=1S/C33H60N2O2/c1-9-27(5)33(8,10-2)31(37)19-25-35-22-16-29(17-23-35)13-11-12-28-14-20-34(21-15-28)24-18-30(36)32(6,7)26(3)4/h10,26-29H,2,9,11-25H2,1,3-8H3. The third kappa shape index (κ3) is 9.31. The van der Waals surface area contributed by atoms with Crippen LogP contribution in [0.4, 0.5) is 0 Å². The number of hydrogen-bond acceptors (Lipinski definition) is 4. The molecule has 0 amide bonds. The molecule has 0 radical (unpaired) electrons. The van der Waals surface area contributed by atoms with Gasteiger partial charge < -0.3 is 9.80 Å². The van der Waals surface area contributed by atoms with E-state index >= 15 is 0 Å². The first-order valence-electron chi connectivity index (χ1n) is 15.6. The van der Waals surface area contributed by atoms with Crippen LogP contribution in [0, 0.1) is 34.5 Å². The van der Waals surface area contributed by atoms with Gasteiger partial charge in [0.2, 0.25) is 0 Å². The predicted octanol–water partition coefficient (Wildman–Crippen LogP) is 7.42. The molecule has 2 aliphatic rings. The van der Waals surface area contributed by atoms with Gasteiger partial charge in [0.25, 0.3) is 0 Å². The van der Waals surface area contributed by atoms with Crippen LogP contribution in [-0.4, -0.2) is 60.6 Å². The van der Waals surface area contributed by atoms with E-state index in [1.807, 2.05) is 6.08 Å². The summed E-state index contributed by atoms with van der Waals surface area (Å²) < 4.78 is 0. The van der Waals surface area contributed by atoms with Crippen LogP contribution >= 0.6 is 0 Å². The van der Waals surface area contributed by atoms with Crippen molar-refractivity contribution in [2.45, 2.75) is 113 Å². The average Bonchev–Trinajstić information content (AvgIpc) is 2.90. The highest BCUT2D eigenvalue weighted by Gasteiger charge is 2.35. The highest BCUT2D eigenvalue weighted by Crippen LogP contribution is 2.34. The Bertz CT molecular complexity index is 714. The zero-order chi connectivity index (χ0) is 27.6. The number of carbonyl (C=O) groups is 2. The average molecular weight is 517 g/mol. The molecule has 2 saturated heterocycles. The fourth-order valence-electron chi connectivity index (χ4n) is 6.14. The molecule has 0 aliphatic carbocycles. The first kappa shape index (κ1) is 32.2. The molecule has 4 nitrogen and oxygen atoms in total. The maximum atomic E-state index is 12.9. The van der Waals surface area contributed by atoms with Crippen molar-refractivity contribution in [2.75, 3.05) is 39.3 Å². The first-order chi connectivity index (χ1) is 17.4. The van der Waals surface area contributed by atoms with E-state index in [9.17, 15) is 9.59 Å². The summed E-state index contributed by atoms with van der Waals surface area (Å²) in [5.74, 6) is 3.26. The summed E-state index contributed by atoms with van der Waals surface area (Å²) >= 11 is 0. The Balaban J connectivity index is 1.58. The van der Waals surface area contributed by atoms with Crippen LogP contribution in [0.2, 0.25) is 0 Å². The van der Waals surface area contributed by atoms with Gasteiger partial charge in [-0.3, -0.25) is 9.59 Å². The minimum Gasteiger partial charge on any atom is -0.303 e. The molecule has 0 spiro atoms. The number of carbonyl (C=O) groups excluding carboxylic acids is 2. The molecule has 2 rings (SSSR count). The van der Waals surface area contributed by atoms with E-state index in [1.54, 1.807) is 0 Å². The van der Waals surface area contributed by atoms with Crippen molar-refractivity contribution < 1.29 is 9.59 Å². The second-order valence-corrected chi connectivity index (χ2v) is 13.5. The van der Waals surface area contributed by atoms with Gasteiger partial charge in [0.1, 0.15) is 11.6 Å². The van der Waals surface area contributed by atoms with Crippen LogP contribution in [0.1, 0.15) is 113 Å². The molecule has 0 N–H and O–H groups in total. The van der Waals surface area contributed by atoms with E-state index in [2.05, 4.69) is 64.8 Å². The first-order valence-corrected chi connectivity index (χ1v) is 15.6. The van der Waals surface area contributed by atoms with Crippen molar-refractivity contribution in [1.29, 1.82) is 0 Å². The maximum absolute atomic E-state index is 12.9. The van der Waals surface area contributed by atoms with Crippen molar-refractivity contribution in [3.8, 4) is 0 Å². The van der Waals surface area contributed by atoms with Crippen molar-refractivity contribution in [3.63, 3.8) is 0 Å². The lowest BCUT2D eigenvalue weighted by atomic mass is 9.72. The molecule has 0 aromatic heterocycles. The Morgan fingerprint density at radius 2 is 1.27 bits per heavy atom. The summed E-state index contributed by atoms with van der Waals surface area (Å²) in [7, 11) is 0. The van der Waals surface area contributed by atoms with E-state index in [0.29, 0.717) is 36.2 Å². The highest BCUT2D eigenvalue weighted by atomic mass is 16.1. The van der Waals surface area contributed by atoms with Crippen LogP contribution in [-0.2, 0) is 9.59 Å². The lowest BCUT2D eigenvalue weighted by Gasteiger charge is -2.35. The topological polar surface area (TPSA) is 40.6 Å². The van der Waals surface area contributed by atoms with E-state index < -0.39 is 0 Å². The molecule has 2 atom stereocenters. The van der Waals surface area contributed by atoms with Crippen molar-refractivity contribution in [2.24, 2.45) is 34.5 Å². The largest absolute Gasteiger partial charge is 0.303 e. The second kappa shape index (κ2) is 15.0. The number of hydrogen-bond donors (Lipinski definition) is 0. The minimum atomic E-state index is -0.384. The molecule has 0 bridgehead atoms. The SMILES string of the molecule is C=CC(C)(C(=O)CCN1CCC(CCCC2CCN(CCC(=O)C(C)(C)C(C)C)CC2)CC1)C(C)CC. The Morgan fingerprint density at radius 3 is 1.65 bits per heavy atom. The van der Waals surface area contributed by atoms with Crippen LogP contribution in [0.5, 0.6) is 0 Å². The molecular weight excluding hydrogens is 456 g/mol. The zero-order valence-corrected chi connectivity index (χ0v) is 25.6. The van der Waals surface area contributed by atoms with Gasteiger partial charge in [-0.05, 0) is 82.5 Å². The number of ketones is 2. The third-order valence-corrected chi connectivity index (χ3v) is 10.8. The number of likely N-dealkylation sites (tertiary alicyclic amines) is 2. The quantitative estimate of drug-likeness (QED) is 0.200. The number of piperidine rings is 2. The number of Topliss-reactive ketones (excluding diaryl/α,β-unsaturated/α-hetero) is 2. The lowest BCUT2D eigenvalue weighted by Crippen LogP contribution is -2.38. The molecule has 0 aromatic carbocycles. The maximum Gasteiger partial charge on any atom is 0.144 e. The molecule has 214 valence electrons. The summed E-state index contributed by atoms with van der Waals surface area (Å²) in [5, 5.41) is 0. The van der Waals surface area contributed by atoms with Gasteiger partial charge in [-0.25, -0.2) is 0 Å². The van der Waals surface area contributed by atoms with Crippen LogP contribution in [0.15, 0.2) is 12.7 Å². The number of nitrogens with zero attached hydrogens (tertiary/aromatic N) is 2. The van der Waals surface area contributed by atoms with Crippen LogP contribution in [0.3, 0.4) is 0 Å². The van der Waals surface area contributed by atoms with Crippen LogP contribution < -0.4 is 0 Å². The molecule has 2 unspecified atom stereocenters. The zero-order valence-electron chi connectivity index (χ0n) is 25.6. The molecule has 0 aromatic rings. The van der Waals surface area contributed by atoms with Gasteiger partial charge in [0, 0.05) is 36.8 Å². The Labute approximate surface area is 230 Å². The summed E-state index contributed by atoms with van der Waals surface area (Å²) in [4.78, 5) is 30.6. The molecule has 37 heavy (non-hydrogen) atoms. The van der Waals surface area contributed by atoms with Crippen molar-refractivity contribution in [1.82, 2.24) is 9.80 Å². The predicted molar refractivity (Wildman–Crippen MR) is 158 cm³/mol. The van der Waals surface area contributed by atoms with Crippen molar-refractivity contribution >= 4 is 11.6 Å². The minimum absolute atomic E-state index is 0.202. The molecule has 2 heterocycles. The fourth-order valence-corrected chi connectivity index (χ4v) is 6.14. The molecule has 0 saturated carbocycles. The van der Waals surface area contributed by atoms with Gasteiger partial charge in [-0.1, -0.05) is 73.3 Å². The molecule has 2 aliphatic heterocycles. The van der Waals surface area contributed by atoms with E-state index in [4.69, 9.17) is 0 Å². The van der Waals surface area contributed by atoms with Gasteiger partial charge in [-0.2, -0.15) is 0 Å². The fraction of sp³-hybridized carbons (Fsp3) is 0.879. The summed E-state index contributed by atoms with van der Waals surface area (Å²) in [6, 6.07) is 0. The Morgan fingerprint density at radius 1 is 0.838 bits per heavy atom. The molecule has 2 fully saturated rings. The van der Waals surface area contributed by atoms with Gasteiger partial charge in [0.15, 0.2) is 0 Å². The van der Waals surface area contributed by atoms with Gasteiger partial charge in [0.05, 0.1) is 0 Å². The van der Waals surface area contributed by atoms with E-state index in [0.717, 1.165) is 44.4 Å². The van der Waals surface area contributed by atoms with Crippen LogP contribution in [0.25, 0.3) is 0 Å². The third-order valence-electron chi connectivity index (χ3n) is 10.8. The van der Waals surface area contributed by atoms with Gasteiger partial charge in [-0.15, -0.1) is 6.58 Å². The molecule has 4 heteroatoms. The van der Waals surface area contributed by atoms with Crippen molar-refractivity contribution in [3.05, 3.63) is 12.7 Å². The van der Waals surface area contributed by atoms with E-state index in [-0.39, 0.29) is 10.8 Å². The normalized spacial score (nSPS) is 21.6. The number of allylic oxidation sites excluding steroid dienone is 1. The smallest absolute Gasteiger partial charge is 0.144 e. The summed E-state index contributed by atoms with van der Waals surface area (Å²) in [6.45, 7) is 25.4. The Kier molecular flexibility index (Phi) is 13.0. The highest BCUT2D eigenvalue weighted by molar-refractivity contribution is 5.86. The van der Waals surface area contributed by atoms with Gasteiger partial charge >= 0.3 is 0 Å². The Hall–Kier alpha value is -1.00. The lowest BCUT2D eigenvalue weighted by molar-refractivity contribution is -0.129. The molecular formula is C33H60N2O2.